The third kappa shape index (κ3) is 3.84. The lowest BCUT2D eigenvalue weighted by atomic mass is 9.89. The predicted octanol–water partition coefficient (Wildman–Crippen LogP) is 4.50. The van der Waals surface area contributed by atoms with Gasteiger partial charge in [-0.05, 0) is 48.9 Å². The summed E-state index contributed by atoms with van der Waals surface area (Å²) >= 11 is 8.97. The molecule has 1 atom stereocenters. The molecule has 0 saturated heterocycles. The van der Waals surface area contributed by atoms with Gasteiger partial charge in [0.2, 0.25) is 0 Å². The molecule has 6 nitrogen and oxygen atoms in total. The minimum absolute atomic E-state index is 0.0411. The number of thioether (sulfide) groups is 1. The standard InChI is InChI=1S/C21H21ClN2O4S2/c1-11-4-6-13-16(8-11)30-19-18(13)20(26)24(21(23-19)29-10-17(25)28-3)14-9-12(22)5-7-15(14)27-2/h5,7,9,11H,4,6,8,10H2,1-3H3/t11-/m0/s1. The van der Waals surface area contributed by atoms with E-state index in [1.54, 1.807) is 36.6 Å². The van der Waals surface area contributed by atoms with Gasteiger partial charge in [0.25, 0.3) is 5.56 Å². The van der Waals surface area contributed by atoms with E-state index in [0.29, 0.717) is 37.8 Å². The smallest absolute Gasteiger partial charge is 0.316 e. The summed E-state index contributed by atoms with van der Waals surface area (Å²) in [5, 5.41) is 1.54. The highest BCUT2D eigenvalue weighted by Crippen LogP contribution is 2.38. The van der Waals surface area contributed by atoms with Gasteiger partial charge in [0.1, 0.15) is 10.6 Å². The maximum absolute atomic E-state index is 13.8. The van der Waals surface area contributed by atoms with Crippen molar-refractivity contribution in [2.45, 2.75) is 31.3 Å². The summed E-state index contributed by atoms with van der Waals surface area (Å²) in [5.41, 5.74) is 1.44. The molecule has 0 fully saturated rings. The SMILES string of the molecule is COC(=O)CSc1nc2sc3c(c2c(=O)n1-c1cc(Cl)ccc1OC)CC[C@H](C)C3. The Morgan fingerprint density at radius 1 is 1.40 bits per heavy atom. The number of esters is 1. The number of rotatable bonds is 5. The number of fused-ring (bicyclic) bond motifs is 3. The summed E-state index contributed by atoms with van der Waals surface area (Å²) in [6, 6.07) is 5.10. The molecule has 2 heterocycles. The zero-order chi connectivity index (χ0) is 21.4. The van der Waals surface area contributed by atoms with Crippen molar-refractivity contribution in [1.82, 2.24) is 9.55 Å². The minimum atomic E-state index is -0.391. The Balaban J connectivity index is 1.98. The second-order valence-electron chi connectivity index (χ2n) is 7.25. The predicted molar refractivity (Wildman–Crippen MR) is 121 cm³/mol. The van der Waals surface area contributed by atoms with E-state index < -0.39 is 5.97 Å². The van der Waals surface area contributed by atoms with Crippen LogP contribution in [0.1, 0.15) is 23.8 Å². The molecular weight excluding hydrogens is 444 g/mol. The van der Waals surface area contributed by atoms with Crippen molar-refractivity contribution in [1.29, 1.82) is 0 Å². The molecule has 0 saturated carbocycles. The molecule has 2 aromatic heterocycles. The number of aromatic nitrogens is 2. The first-order chi connectivity index (χ1) is 14.4. The summed E-state index contributed by atoms with van der Waals surface area (Å²) in [6.07, 6.45) is 2.88. The van der Waals surface area contributed by atoms with Gasteiger partial charge in [0.05, 0.1) is 31.0 Å². The third-order valence-corrected chi connectivity index (χ3v) is 7.52. The number of nitrogens with zero attached hydrogens (tertiary/aromatic N) is 2. The van der Waals surface area contributed by atoms with Gasteiger partial charge in [-0.3, -0.25) is 14.2 Å². The van der Waals surface area contributed by atoms with Crippen LogP contribution in [0.2, 0.25) is 5.02 Å². The second kappa shape index (κ2) is 8.61. The van der Waals surface area contributed by atoms with Crippen LogP contribution >= 0.6 is 34.7 Å². The average molecular weight is 465 g/mol. The number of hydrogen-bond donors (Lipinski definition) is 0. The second-order valence-corrected chi connectivity index (χ2v) is 9.71. The van der Waals surface area contributed by atoms with Crippen LogP contribution in [0.4, 0.5) is 0 Å². The van der Waals surface area contributed by atoms with Crippen molar-refractivity contribution >= 4 is 50.9 Å². The minimum Gasteiger partial charge on any atom is -0.495 e. The van der Waals surface area contributed by atoms with Crippen LogP contribution in [0.5, 0.6) is 5.75 Å². The number of hydrogen-bond acceptors (Lipinski definition) is 7. The number of halogens is 1. The lowest BCUT2D eigenvalue weighted by molar-refractivity contribution is -0.137. The van der Waals surface area contributed by atoms with Crippen molar-refractivity contribution in [2.24, 2.45) is 5.92 Å². The Morgan fingerprint density at radius 3 is 2.93 bits per heavy atom. The zero-order valence-corrected chi connectivity index (χ0v) is 19.2. The number of carbonyl (C=O) groups is 1. The Labute approximate surface area is 187 Å². The van der Waals surface area contributed by atoms with Crippen LogP contribution in [0.15, 0.2) is 28.2 Å². The van der Waals surface area contributed by atoms with Gasteiger partial charge in [-0.25, -0.2) is 4.98 Å². The van der Waals surface area contributed by atoms with Crippen molar-refractivity contribution in [3.05, 3.63) is 44.0 Å². The normalized spacial score (nSPS) is 15.8. The molecule has 4 rings (SSSR count). The van der Waals surface area contributed by atoms with Gasteiger partial charge in [-0.2, -0.15) is 0 Å². The van der Waals surface area contributed by atoms with Crippen LogP contribution in [-0.4, -0.2) is 35.5 Å². The molecule has 1 aliphatic carbocycles. The Bertz CT molecular complexity index is 1190. The van der Waals surface area contributed by atoms with Crippen molar-refractivity contribution in [3.8, 4) is 11.4 Å². The molecule has 0 N–H and O–H groups in total. The van der Waals surface area contributed by atoms with Crippen LogP contribution in [0.3, 0.4) is 0 Å². The lowest BCUT2D eigenvalue weighted by Crippen LogP contribution is -2.23. The number of benzene rings is 1. The van der Waals surface area contributed by atoms with Crippen molar-refractivity contribution in [3.63, 3.8) is 0 Å². The van der Waals surface area contributed by atoms with Crippen molar-refractivity contribution < 1.29 is 14.3 Å². The maximum atomic E-state index is 13.8. The Hall–Kier alpha value is -2.03. The first-order valence-corrected chi connectivity index (χ1v) is 11.7. The maximum Gasteiger partial charge on any atom is 0.316 e. The van der Waals surface area contributed by atoms with Gasteiger partial charge in [-0.1, -0.05) is 30.3 Å². The average Bonchev–Trinajstić information content (AvgIpc) is 3.09. The van der Waals surface area contributed by atoms with E-state index in [0.717, 1.165) is 36.6 Å². The number of thiophene rings is 1. The topological polar surface area (TPSA) is 70.4 Å². The lowest BCUT2D eigenvalue weighted by Gasteiger charge is -2.18. The molecule has 0 spiro atoms. The molecule has 158 valence electrons. The highest BCUT2D eigenvalue weighted by Gasteiger charge is 2.26. The molecule has 1 aromatic carbocycles. The Kier molecular flexibility index (Phi) is 6.09. The first-order valence-electron chi connectivity index (χ1n) is 9.53. The highest BCUT2D eigenvalue weighted by atomic mass is 35.5. The van der Waals surface area contributed by atoms with Gasteiger partial charge in [0, 0.05) is 9.90 Å². The summed E-state index contributed by atoms with van der Waals surface area (Å²) in [4.78, 5) is 32.2. The van der Waals surface area contributed by atoms with E-state index in [9.17, 15) is 9.59 Å². The monoisotopic (exact) mass is 464 g/mol. The fraction of sp³-hybridized carbons (Fsp3) is 0.381. The van der Waals surface area contributed by atoms with Crippen LogP contribution in [0.25, 0.3) is 15.9 Å². The van der Waals surface area contributed by atoms with Crippen LogP contribution in [-0.2, 0) is 22.4 Å². The quantitative estimate of drug-likeness (QED) is 0.314. The molecule has 0 amide bonds. The van der Waals surface area contributed by atoms with E-state index in [1.807, 2.05) is 0 Å². The summed E-state index contributed by atoms with van der Waals surface area (Å²) in [6.45, 7) is 2.23. The van der Waals surface area contributed by atoms with E-state index in [4.69, 9.17) is 26.1 Å². The van der Waals surface area contributed by atoms with Gasteiger partial charge >= 0.3 is 5.97 Å². The van der Waals surface area contributed by atoms with Gasteiger partial charge in [-0.15, -0.1) is 11.3 Å². The molecule has 0 bridgehead atoms. The highest BCUT2D eigenvalue weighted by molar-refractivity contribution is 7.99. The first kappa shape index (κ1) is 21.2. The molecule has 0 radical (unpaired) electrons. The number of carbonyl (C=O) groups excluding carboxylic acids is 1. The molecule has 3 aromatic rings. The largest absolute Gasteiger partial charge is 0.495 e. The van der Waals surface area contributed by atoms with E-state index >= 15 is 0 Å². The molecule has 1 aliphatic rings. The summed E-state index contributed by atoms with van der Waals surface area (Å²) < 4.78 is 11.8. The van der Waals surface area contributed by atoms with E-state index in [1.165, 1.54) is 16.6 Å². The Morgan fingerprint density at radius 2 is 2.20 bits per heavy atom. The molecule has 0 unspecified atom stereocenters. The zero-order valence-electron chi connectivity index (χ0n) is 16.9. The van der Waals surface area contributed by atoms with E-state index in [-0.39, 0.29) is 11.3 Å². The molecule has 0 aliphatic heterocycles. The molecule has 30 heavy (non-hydrogen) atoms. The van der Waals surface area contributed by atoms with Crippen LogP contribution < -0.4 is 10.3 Å². The summed E-state index contributed by atoms with van der Waals surface area (Å²) in [5.74, 6) is 0.743. The van der Waals surface area contributed by atoms with Gasteiger partial charge in [0.15, 0.2) is 5.16 Å². The van der Waals surface area contributed by atoms with Crippen LogP contribution in [0, 0.1) is 5.92 Å². The van der Waals surface area contributed by atoms with E-state index in [2.05, 4.69) is 6.92 Å². The fourth-order valence-corrected chi connectivity index (χ4v) is 6.13. The number of aryl methyl sites for hydroxylation is 1. The third-order valence-electron chi connectivity index (χ3n) is 5.23. The van der Waals surface area contributed by atoms with Gasteiger partial charge < -0.3 is 9.47 Å². The molecular formula is C21H21ClN2O4S2. The number of ether oxygens (including phenoxy) is 2. The fourth-order valence-electron chi connectivity index (χ4n) is 3.70. The summed E-state index contributed by atoms with van der Waals surface area (Å²) in [7, 11) is 2.87. The van der Waals surface area contributed by atoms with Crippen molar-refractivity contribution in [2.75, 3.05) is 20.0 Å². The number of methoxy groups -OCH3 is 2. The molecule has 9 heteroatoms.